The van der Waals surface area contributed by atoms with Crippen molar-refractivity contribution in [1.29, 1.82) is 0 Å². The number of phosphoric acid groups is 1. The van der Waals surface area contributed by atoms with Crippen molar-refractivity contribution in [2.24, 2.45) is 5.73 Å². The highest BCUT2D eigenvalue weighted by Crippen LogP contribution is 2.43. The van der Waals surface area contributed by atoms with Gasteiger partial charge in [-0.3, -0.25) is 13.8 Å². The van der Waals surface area contributed by atoms with Gasteiger partial charge < -0.3 is 21.1 Å². The number of nitrogens with two attached hydrogens (primary N) is 1. The minimum Gasteiger partial charge on any atom is -0.387 e. The number of phosphoric ester groups is 1. The second-order valence-corrected chi connectivity index (χ2v) is 15.2. The molecule has 0 aliphatic carbocycles. The van der Waals surface area contributed by atoms with Gasteiger partial charge in [0.2, 0.25) is 5.91 Å². The van der Waals surface area contributed by atoms with Crippen LogP contribution in [0.1, 0.15) is 168 Å². The Bertz CT molecular complexity index is 1050. The Balaban J connectivity index is 4.35. The Morgan fingerprint density at radius 2 is 1.11 bits per heavy atom. The number of carbonyl (C=O) groups is 1. The van der Waals surface area contributed by atoms with E-state index in [-0.39, 0.29) is 25.7 Å². The standard InChI is InChI=1S/C44H79N2O6P/c1-3-5-7-9-11-13-15-17-18-19-20-21-22-23-24-26-27-29-31-33-35-37-43(47)42(41-52-53(49,50)51-40-39-45)46-44(48)38-36-34-32-30-28-25-16-14-12-10-8-6-4-2/h6,8,12,14,22-23,25,27-29,35,37,42-43,47H,3-5,7,9-11,13,15-21,24,26,30-34,36,38-41,45H2,1-2H3,(H,46,48)(H,49,50)/b8-6-,14-12-,23-22+,28-25-,29-27+,37-35+. The molecular formula is C44H79N2O6P. The number of amides is 1. The van der Waals surface area contributed by atoms with Gasteiger partial charge in [-0.2, -0.15) is 0 Å². The molecule has 0 aromatic heterocycles. The predicted octanol–water partition coefficient (Wildman–Crippen LogP) is 11.7. The van der Waals surface area contributed by atoms with E-state index >= 15 is 0 Å². The molecule has 0 rings (SSSR count). The summed E-state index contributed by atoms with van der Waals surface area (Å²) in [6, 6.07) is -0.901. The topological polar surface area (TPSA) is 131 Å². The molecule has 0 fully saturated rings. The number of hydrogen-bond donors (Lipinski definition) is 4. The summed E-state index contributed by atoms with van der Waals surface area (Å²) >= 11 is 0. The van der Waals surface area contributed by atoms with Crippen molar-refractivity contribution in [3.8, 4) is 0 Å². The fraction of sp³-hybridized carbons (Fsp3) is 0.705. The zero-order chi connectivity index (χ0) is 38.9. The summed E-state index contributed by atoms with van der Waals surface area (Å²) in [6.07, 6.45) is 51.1. The van der Waals surface area contributed by atoms with Gasteiger partial charge in [-0.1, -0.05) is 157 Å². The molecule has 0 heterocycles. The van der Waals surface area contributed by atoms with E-state index < -0.39 is 20.0 Å². The summed E-state index contributed by atoms with van der Waals surface area (Å²) in [5, 5.41) is 13.6. The van der Waals surface area contributed by atoms with Gasteiger partial charge in [-0.25, -0.2) is 4.57 Å². The molecule has 0 aliphatic rings. The molecule has 0 aromatic rings. The van der Waals surface area contributed by atoms with Crippen LogP contribution in [-0.4, -0.2) is 47.8 Å². The minimum absolute atomic E-state index is 0.0633. The number of unbranched alkanes of at least 4 members (excludes halogenated alkanes) is 16. The van der Waals surface area contributed by atoms with Crippen LogP contribution in [0, 0.1) is 0 Å². The molecule has 0 aliphatic heterocycles. The number of carbonyl (C=O) groups excluding carboxylic acids is 1. The van der Waals surface area contributed by atoms with Crippen LogP contribution in [0.25, 0.3) is 0 Å². The summed E-state index contributed by atoms with van der Waals surface area (Å²) in [6.45, 7) is 3.95. The quantitative estimate of drug-likeness (QED) is 0.0280. The second kappa shape index (κ2) is 39.6. The van der Waals surface area contributed by atoms with Crippen LogP contribution >= 0.6 is 7.82 Å². The minimum atomic E-state index is -4.36. The molecule has 9 heteroatoms. The second-order valence-electron chi connectivity index (χ2n) is 13.8. The molecular weight excluding hydrogens is 683 g/mol. The van der Waals surface area contributed by atoms with Gasteiger partial charge in [0.25, 0.3) is 0 Å². The van der Waals surface area contributed by atoms with Crippen LogP contribution in [0.4, 0.5) is 0 Å². The van der Waals surface area contributed by atoms with Crippen LogP contribution in [0.3, 0.4) is 0 Å². The van der Waals surface area contributed by atoms with Crippen molar-refractivity contribution < 1.29 is 28.4 Å². The first kappa shape index (κ1) is 50.9. The average Bonchev–Trinajstić information content (AvgIpc) is 3.14. The first-order chi connectivity index (χ1) is 25.9. The van der Waals surface area contributed by atoms with Crippen molar-refractivity contribution in [1.82, 2.24) is 5.32 Å². The molecule has 3 atom stereocenters. The number of aliphatic hydroxyl groups is 1. The van der Waals surface area contributed by atoms with E-state index in [1.54, 1.807) is 6.08 Å². The first-order valence-electron chi connectivity index (χ1n) is 21.1. The Hall–Kier alpha value is -2.06. The lowest BCUT2D eigenvalue weighted by Crippen LogP contribution is -2.45. The van der Waals surface area contributed by atoms with Crippen LogP contribution in [0.2, 0.25) is 0 Å². The first-order valence-corrected chi connectivity index (χ1v) is 22.6. The Morgan fingerprint density at radius 3 is 1.68 bits per heavy atom. The van der Waals surface area contributed by atoms with E-state index in [4.69, 9.17) is 14.8 Å². The van der Waals surface area contributed by atoms with Gasteiger partial charge in [-0.15, -0.1) is 0 Å². The summed E-state index contributed by atoms with van der Waals surface area (Å²) < 4.78 is 22.1. The van der Waals surface area contributed by atoms with Crippen LogP contribution < -0.4 is 11.1 Å². The van der Waals surface area contributed by atoms with Crippen molar-refractivity contribution in [2.75, 3.05) is 19.8 Å². The number of rotatable bonds is 38. The average molecular weight is 763 g/mol. The lowest BCUT2D eigenvalue weighted by Gasteiger charge is -2.23. The van der Waals surface area contributed by atoms with Crippen molar-refractivity contribution >= 4 is 13.7 Å². The fourth-order valence-corrected chi connectivity index (χ4v) is 6.35. The van der Waals surface area contributed by atoms with Gasteiger partial charge in [-0.05, 0) is 77.0 Å². The van der Waals surface area contributed by atoms with Crippen molar-refractivity contribution in [2.45, 2.75) is 180 Å². The normalized spacial score (nSPS) is 14.9. The van der Waals surface area contributed by atoms with Crippen molar-refractivity contribution in [3.63, 3.8) is 0 Å². The zero-order valence-electron chi connectivity index (χ0n) is 33.7. The van der Waals surface area contributed by atoms with Crippen molar-refractivity contribution in [3.05, 3.63) is 72.9 Å². The van der Waals surface area contributed by atoms with Gasteiger partial charge >= 0.3 is 7.82 Å². The third kappa shape index (κ3) is 38.0. The van der Waals surface area contributed by atoms with E-state index in [2.05, 4.69) is 79.9 Å². The van der Waals surface area contributed by atoms with E-state index in [1.807, 2.05) is 6.08 Å². The van der Waals surface area contributed by atoms with Gasteiger partial charge in [0.15, 0.2) is 0 Å². The molecule has 0 radical (unpaired) electrons. The molecule has 0 aromatic carbocycles. The lowest BCUT2D eigenvalue weighted by atomic mass is 10.1. The van der Waals surface area contributed by atoms with E-state index in [9.17, 15) is 19.4 Å². The van der Waals surface area contributed by atoms with Crippen LogP contribution in [0.5, 0.6) is 0 Å². The Labute approximate surface area is 325 Å². The maximum Gasteiger partial charge on any atom is 0.472 e. The SMILES string of the molecule is CC/C=C\C/C=C\C/C=C\CCCCCC(=O)NC(COP(=O)(O)OCCN)C(O)/C=C/CC/C=C/CC/C=C/CCCCCCCCCCCCC. The van der Waals surface area contributed by atoms with E-state index in [1.165, 1.54) is 77.0 Å². The molecule has 0 spiro atoms. The monoisotopic (exact) mass is 763 g/mol. The third-order valence-electron chi connectivity index (χ3n) is 8.74. The summed E-state index contributed by atoms with van der Waals surface area (Å²) in [5.41, 5.74) is 5.36. The Kier molecular flexibility index (Phi) is 38.1. The Morgan fingerprint density at radius 1 is 0.642 bits per heavy atom. The van der Waals surface area contributed by atoms with E-state index in [0.29, 0.717) is 12.8 Å². The van der Waals surface area contributed by atoms with E-state index in [0.717, 1.165) is 64.2 Å². The van der Waals surface area contributed by atoms with Crippen LogP contribution in [-0.2, 0) is 18.4 Å². The number of nitrogens with one attached hydrogen (secondary N) is 1. The maximum atomic E-state index is 12.7. The number of aliphatic hydroxyl groups excluding tert-OH is 1. The number of hydrogen-bond acceptors (Lipinski definition) is 6. The highest BCUT2D eigenvalue weighted by molar-refractivity contribution is 7.47. The van der Waals surface area contributed by atoms with Gasteiger partial charge in [0, 0.05) is 13.0 Å². The van der Waals surface area contributed by atoms with Crippen LogP contribution in [0.15, 0.2) is 72.9 Å². The highest BCUT2D eigenvalue weighted by atomic mass is 31.2. The zero-order valence-corrected chi connectivity index (χ0v) is 34.6. The molecule has 53 heavy (non-hydrogen) atoms. The summed E-state index contributed by atoms with van der Waals surface area (Å²) in [4.78, 5) is 22.6. The smallest absolute Gasteiger partial charge is 0.387 e. The molecule has 0 bridgehead atoms. The molecule has 1 amide bonds. The van der Waals surface area contributed by atoms with Gasteiger partial charge in [0.1, 0.15) is 0 Å². The maximum absolute atomic E-state index is 12.7. The fourth-order valence-electron chi connectivity index (χ4n) is 5.59. The largest absolute Gasteiger partial charge is 0.472 e. The molecule has 5 N–H and O–H groups in total. The molecule has 0 saturated heterocycles. The highest BCUT2D eigenvalue weighted by Gasteiger charge is 2.26. The lowest BCUT2D eigenvalue weighted by molar-refractivity contribution is -0.123. The molecule has 3 unspecified atom stereocenters. The summed E-state index contributed by atoms with van der Waals surface area (Å²) in [5.74, 6) is -0.240. The third-order valence-corrected chi connectivity index (χ3v) is 9.73. The van der Waals surface area contributed by atoms with Gasteiger partial charge in [0.05, 0.1) is 25.4 Å². The predicted molar refractivity (Wildman–Crippen MR) is 226 cm³/mol. The molecule has 0 saturated carbocycles. The number of allylic oxidation sites excluding steroid dienone is 11. The molecule has 8 nitrogen and oxygen atoms in total. The summed E-state index contributed by atoms with van der Waals surface area (Å²) in [7, 11) is -4.36. The molecule has 306 valence electrons.